The third-order valence-corrected chi connectivity index (χ3v) is 3.30. The standard InChI is InChI=1S/C16H16O3/c1-10-3-4-14(9-11(10)2)12-5-7-13(8-6-12)15(17)16(18)19/h3-9,15,17H,1-2H3,(H,18,19). The van der Waals surface area contributed by atoms with Gasteiger partial charge in [-0.2, -0.15) is 0 Å². The van der Waals surface area contributed by atoms with Crippen LogP contribution in [0.1, 0.15) is 22.8 Å². The first-order valence-electron chi connectivity index (χ1n) is 6.07. The monoisotopic (exact) mass is 256 g/mol. The second kappa shape index (κ2) is 5.24. The molecule has 0 radical (unpaired) electrons. The van der Waals surface area contributed by atoms with Gasteiger partial charge in [-0.15, -0.1) is 0 Å². The Morgan fingerprint density at radius 2 is 1.53 bits per heavy atom. The number of carbonyl (C=O) groups is 1. The number of aliphatic hydroxyl groups is 1. The zero-order chi connectivity index (χ0) is 14.0. The molecule has 0 spiro atoms. The Morgan fingerprint density at radius 3 is 2.05 bits per heavy atom. The third-order valence-electron chi connectivity index (χ3n) is 3.30. The average Bonchev–Trinajstić information content (AvgIpc) is 2.41. The number of aliphatic hydroxyl groups excluding tert-OH is 1. The van der Waals surface area contributed by atoms with Gasteiger partial charge < -0.3 is 10.2 Å². The van der Waals surface area contributed by atoms with E-state index in [1.165, 1.54) is 11.1 Å². The van der Waals surface area contributed by atoms with Gasteiger partial charge in [-0.25, -0.2) is 4.79 Å². The van der Waals surface area contributed by atoms with E-state index < -0.39 is 12.1 Å². The van der Waals surface area contributed by atoms with E-state index in [0.29, 0.717) is 5.56 Å². The molecule has 3 heteroatoms. The maximum atomic E-state index is 10.7. The number of carboxylic acids is 1. The van der Waals surface area contributed by atoms with Gasteiger partial charge in [0.1, 0.15) is 0 Å². The molecule has 1 atom stereocenters. The number of carboxylic acid groups (broad SMARTS) is 1. The van der Waals surface area contributed by atoms with Gasteiger partial charge in [-0.3, -0.25) is 0 Å². The molecule has 0 saturated carbocycles. The summed E-state index contributed by atoms with van der Waals surface area (Å²) in [6, 6.07) is 13.1. The summed E-state index contributed by atoms with van der Waals surface area (Å²) in [5.41, 5.74) is 4.93. The third kappa shape index (κ3) is 2.83. The van der Waals surface area contributed by atoms with Gasteiger partial charge in [-0.1, -0.05) is 42.5 Å². The summed E-state index contributed by atoms with van der Waals surface area (Å²) in [5.74, 6) is -1.24. The highest BCUT2D eigenvalue weighted by Crippen LogP contribution is 2.24. The Balaban J connectivity index is 2.32. The first-order chi connectivity index (χ1) is 8.99. The van der Waals surface area contributed by atoms with Crippen LogP contribution in [-0.4, -0.2) is 16.2 Å². The normalized spacial score (nSPS) is 12.2. The van der Waals surface area contributed by atoms with Crippen molar-refractivity contribution in [3.63, 3.8) is 0 Å². The highest BCUT2D eigenvalue weighted by atomic mass is 16.4. The molecular formula is C16H16O3. The molecule has 0 bridgehead atoms. The molecule has 2 rings (SSSR count). The summed E-state index contributed by atoms with van der Waals surface area (Å²) in [7, 11) is 0. The van der Waals surface area contributed by atoms with Crippen molar-refractivity contribution in [2.24, 2.45) is 0 Å². The molecule has 1 unspecified atom stereocenters. The lowest BCUT2D eigenvalue weighted by Gasteiger charge is -2.08. The van der Waals surface area contributed by atoms with E-state index in [4.69, 9.17) is 5.11 Å². The van der Waals surface area contributed by atoms with Crippen LogP contribution >= 0.6 is 0 Å². The van der Waals surface area contributed by atoms with Crippen LogP contribution < -0.4 is 0 Å². The summed E-state index contributed by atoms with van der Waals surface area (Å²) in [6.07, 6.45) is -1.46. The molecule has 0 aromatic heterocycles. The van der Waals surface area contributed by atoms with Crippen LogP contribution in [0.25, 0.3) is 11.1 Å². The predicted molar refractivity (Wildman–Crippen MR) is 73.9 cm³/mol. The molecule has 0 aliphatic heterocycles. The summed E-state index contributed by atoms with van der Waals surface area (Å²) in [5, 5.41) is 18.2. The molecule has 0 fully saturated rings. The van der Waals surface area contributed by atoms with Crippen molar-refractivity contribution in [2.45, 2.75) is 20.0 Å². The van der Waals surface area contributed by atoms with E-state index in [1.54, 1.807) is 12.1 Å². The van der Waals surface area contributed by atoms with Crippen LogP contribution in [0.5, 0.6) is 0 Å². The highest BCUT2D eigenvalue weighted by molar-refractivity contribution is 5.74. The molecule has 0 amide bonds. The SMILES string of the molecule is Cc1ccc(-c2ccc(C(O)C(=O)O)cc2)cc1C. The number of benzene rings is 2. The molecule has 19 heavy (non-hydrogen) atoms. The van der Waals surface area contributed by atoms with Crippen LogP contribution in [0.15, 0.2) is 42.5 Å². The lowest BCUT2D eigenvalue weighted by atomic mass is 9.98. The molecule has 0 aliphatic carbocycles. The molecule has 3 nitrogen and oxygen atoms in total. The minimum Gasteiger partial charge on any atom is -0.479 e. The molecule has 2 aromatic rings. The Hall–Kier alpha value is -2.13. The number of hydrogen-bond acceptors (Lipinski definition) is 2. The minimum atomic E-state index is -1.46. The van der Waals surface area contributed by atoms with E-state index in [2.05, 4.69) is 26.0 Å². The average molecular weight is 256 g/mol. The summed E-state index contributed by atoms with van der Waals surface area (Å²) >= 11 is 0. The summed E-state index contributed by atoms with van der Waals surface area (Å²) in [6.45, 7) is 4.12. The lowest BCUT2D eigenvalue weighted by molar-refractivity contribution is -0.146. The molecule has 2 aromatic carbocycles. The number of rotatable bonds is 3. The van der Waals surface area contributed by atoms with E-state index in [0.717, 1.165) is 11.1 Å². The van der Waals surface area contributed by atoms with Crippen molar-refractivity contribution >= 4 is 5.97 Å². The molecular weight excluding hydrogens is 240 g/mol. The van der Waals surface area contributed by atoms with Crippen molar-refractivity contribution in [1.29, 1.82) is 0 Å². The largest absolute Gasteiger partial charge is 0.479 e. The van der Waals surface area contributed by atoms with Gasteiger partial charge in [0.15, 0.2) is 6.10 Å². The zero-order valence-electron chi connectivity index (χ0n) is 10.9. The van der Waals surface area contributed by atoms with E-state index in [1.807, 2.05) is 18.2 Å². The van der Waals surface area contributed by atoms with Crippen LogP contribution in [0.4, 0.5) is 0 Å². The Bertz CT molecular complexity index is 600. The van der Waals surface area contributed by atoms with E-state index >= 15 is 0 Å². The summed E-state index contributed by atoms with van der Waals surface area (Å²) < 4.78 is 0. The topological polar surface area (TPSA) is 57.5 Å². The van der Waals surface area contributed by atoms with Crippen LogP contribution in [0.3, 0.4) is 0 Å². The molecule has 2 N–H and O–H groups in total. The van der Waals surface area contributed by atoms with Crippen LogP contribution in [0, 0.1) is 13.8 Å². The Kier molecular flexibility index (Phi) is 3.67. The molecule has 0 aliphatic rings. The van der Waals surface area contributed by atoms with Gasteiger partial charge in [0.2, 0.25) is 0 Å². The maximum Gasteiger partial charge on any atom is 0.337 e. The van der Waals surface area contributed by atoms with Crippen molar-refractivity contribution in [3.8, 4) is 11.1 Å². The maximum absolute atomic E-state index is 10.7. The first-order valence-corrected chi connectivity index (χ1v) is 6.07. The molecule has 0 heterocycles. The fourth-order valence-corrected chi connectivity index (χ4v) is 1.92. The van der Waals surface area contributed by atoms with Crippen molar-refractivity contribution in [2.75, 3.05) is 0 Å². The number of aliphatic carboxylic acids is 1. The van der Waals surface area contributed by atoms with Gasteiger partial charge in [0.25, 0.3) is 0 Å². The second-order valence-corrected chi connectivity index (χ2v) is 4.66. The predicted octanol–water partition coefficient (Wildman–Crippen LogP) is 3.09. The lowest BCUT2D eigenvalue weighted by Crippen LogP contribution is -2.10. The minimum absolute atomic E-state index is 0.389. The fraction of sp³-hybridized carbons (Fsp3) is 0.188. The highest BCUT2D eigenvalue weighted by Gasteiger charge is 2.15. The first kappa shape index (κ1) is 13.3. The van der Waals surface area contributed by atoms with Gasteiger partial charge >= 0.3 is 5.97 Å². The van der Waals surface area contributed by atoms with E-state index in [-0.39, 0.29) is 0 Å². The summed E-state index contributed by atoms with van der Waals surface area (Å²) in [4.78, 5) is 10.7. The Labute approximate surface area is 112 Å². The van der Waals surface area contributed by atoms with Crippen LogP contribution in [0.2, 0.25) is 0 Å². The van der Waals surface area contributed by atoms with Crippen LogP contribution in [-0.2, 0) is 4.79 Å². The second-order valence-electron chi connectivity index (χ2n) is 4.66. The number of aryl methyl sites for hydroxylation is 2. The van der Waals surface area contributed by atoms with E-state index in [9.17, 15) is 9.90 Å². The molecule has 98 valence electrons. The van der Waals surface area contributed by atoms with Gasteiger partial charge in [-0.05, 0) is 41.7 Å². The van der Waals surface area contributed by atoms with Crippen molar-refractivity contribution in [1.82, 2.24) is 0 Å². The fourth-order valence-electron chi connectivity index (χ4n) is 1.92. The molecule has 0 saturated heterocycles. The van der Waals surface area contributed by atoms with Crippen molar-refractivity contribution < 1.29 is 15.0 Å². The van der Waals surface area contributed by atoms with Crippen molar-refractivity contribution in [3.05, 3.63) is 59.2 Å². The Morgan fingerprint density at radius 1 is 0.947 bits per heavy atom. The van der Waals surface area contributed by atoms with Gasteiger partial charge in [0.05, 0.1) is 0 Å². The number of hydrogen-bond donors (Lipinski definition) is 2. The van der Waals surface area contributed by atoms with Gasteiger partial charge in [0, 0.05) is 0 Å². The quantitative estimate of drug-likeness (QED) is 0.887. The smallest absolute Gasteiger partial charge is 0.337 e. The zero-order valence-corrected chi connectivity index (χ0v) is 10.9.